The minimum absolute atomic E-state index is 0.00289. The number of nitrogens with one attached hydrogen (secondary N) is 1. The molecule has 6 nitrogen and oxygen atoms in total. The molecule has 1 N–H and O–H groups in total. The Labute approximate surface area is 183 Å². The number of amides is 1. The molecule has 0 atom stereocenters. The highest BCUT2D eigenvalue weighted by atomic mass is 19.1. The third-order valence-electron chi connectivity index (χ3n) is 5.25. The van der Waals surface area contributed by atoms with E-state index in [2.05, 4.69) is 10.3 Å². The van der Waals surface area contributed by atoms with E-state index in [1.165, 1.54) is 12.1 Å². The zero-order valence-electron chi connectivity index (χ0n) is 17.2. The second-order valence-corrected chi connectivity index (χ2v) is 7.33. The highest BCUT2D eigenvalue weighted by Gasteiger charge is 2.18. The maximum atomic E-state index is 13.5. The van der Waals surface area contributed by atoms with Crippen LogP contribution in [0.3, 0.4) is 0 Å². The Morgan fingerprint density at radius 1 is 1.03 bits per heavy atom. The first-order valence-corrected chi connectivity index (χ1v) is 10.1. The number of hydrogen-bond acceptors (Lipinski definition) is 4. The quantitative estimate of drug-likeness (QED) is 0.428. The van der Waals surface area contributed by atoms with Gasteiger partial charge in [0.25, 0.3) is 0 Å². The van der Waals surface area contributed by atoms with Crippen LogP contribution in [0.2, 0.25) is 0 Å². The summed E-state index contributed by atoms with van der Waals surface area (Å²) in [6.07, 6.45) is 1.75. The average molecular weight is 426 g/mol. The summed E-state index contributed by atoms with van der Waals surface area (Å²) in [6, 6.07) is 21.0. The average Bonchev–Trinajstić information content (AvgIpc) is 3.18. The van der Waals surface area contributed by atoms with Gasteiger partial charge in [0, 0.05) is 34.3 Å². The van der Waals surface area contributed by atoms with Crippen LogP contribution in [-0.4, -0.2) is 27.8 Å². The Kier molecular flexibility index (Phi) is 4.99. The standard InChI is InChI=1S/C25H19FN4O2/c1-32-19-6-4-5-18(13-19)28-23(31)15-30-25-20-7-2-3-8-22(20)27-14-21(25)24(29-30)16-9-11-17(26)12-10-16/h2-14H,15H2,1H3,(H,28,31). The summed E-state index contributed by atoms with van der Waals surface area (Å²) < 4.78 is 20.4. The van der Waals surface area contributed by atoms with Crippen LogP contribution in [0.1, 0.15) is 0 Å². The number of pyridine rings is 1. The number of hydrogen-bond donors (Lipinski definition) is 1. The number of fused-ring (bicyclic) bond motifs is 3. The van der Waals surface area contributed by atoms with E-state index in [1.807, 2.05) is 36.4 Å². The second-order valence-electron chi connectivity index (χ2n) is 7.33. The number of para-hydroxylation sites is 1. The fourth-order valence-electron chi connectivity index (χ4n) is 3.78. The molecular weight excluding hydrogens is 407 g/mol. The molecule has 0 aliphatic heterocycles. The lowest BCUT2D eigenvalue weighted by Crippen LogP contribution is -2.19. The summed E-state index contributed by atoms with van der Waals surface area (Å²) in [5.74, 6) is 0.107. The SMILES string of the molecule is COc1cccc(NC(=O)Cn2nc(-c3ccc(F)cc3)c3cnc4ccccc4c32)c1. The molecule has 0 unspecified atom stereocenters. The van der Waals surface area contributed by atoms with Gasteiger partial charge in [0.15, 0.2) is 0 Å². The van der Waals surface area contributed by atoms with Crippen LogP contribution in [0.25, 0.3) is 33.1 Å². The molecule has 2 heterocycles. The van der Waals surface area contributed by atoms with Crippen molar-refractivity contribution in [2.45, 2.75) is 6.54 Å². The van der Waals surface area contributed by atoms with Crippen LogP contribution in [0.15, 0.2) is 79.0 Å². The number of benzene rings is 3. The Morgan fingerprint density at radius 3 is 2.66 bits per heavy atom. The van der Waals surface area contributed by atoms with Crippen LogP contribution in [0.5, 0.6) is 5.75 Å². The van der Waals surface area contributed by atoms with Gasteiger partial charge in [-0.05, 0) is 42.5 Å². The van der Waals surface area contributed by atoms with Crippen molar-refractivity contribution in [3.63, 3.8) is 0 Å². The van der Waals surface area contributed by atoms with E-state index in [1.54, 1.807) is 42.3 Å². The zero-order valence-corrected chi connectivity index (χ0v) is 17.2. The van der Waals surface area contributed by atoms with Crippen molar-refractivity contribution in [3.8, 4) is 17.0 Å². The Balaban J connectivity index is 1.59. The zero-order chi connectivity index (χ0) is 22.1. The van der Waals surface area contributed by atoms with E-state index in [0.29, 0.717) is 17.1 Å². The number of methoxy groups -OCH3 is 1. The topological polar surface area (TPSA) is 69.0 Å². The number of halogens is 1. The summed E-state index contributed by atoms with van der Waals surface area (Å²) in [5, 5.41) is 9.30. The van der Waals surface area contributed by atoms with E-state index in [9.17, 15) is 9.18 Å². The molecule has 0 aliphatic carbocycles. The number of carbonyl (C=O) groups is 1. The molecular formula is C25H19FN4O2. The monoisotopic (exact) mass is 426 g/mol. The second kappa shape index (κ2) is 8.11. The van der Waals surface area contributed by atoms with Crippen molar-refractivity contribution in [3.05, 3.63) is 84.8 Å². The largest absolute Gasteiger partial charge is 0.497 e. The molecule has 158 valence electrons. The molecule has 5 aromatic rings. The lowest BCUT2D eigenvalue weighted by molar-refractivity contribution is -0.116. The van der Waals surface area contributed by atoms with Crippen LogP contribution < -0.4 is 10.1 Å². The normalized spacial score (nSPS) is 11.1. The molecule has 3 aromatic carbocycles. The van der Waals surface area contributed by atoms with Crippen molar-refractivity contribution in [2.75, 3.05) is 12.4 Å². The molecule has 0 aliphatic rings. The predicted molar refractivity (Wildman–Crippen MR) is 122 cm³/mol. The van der Waals surface area contributed by atoms with Crippen LogP contribution in [0, 0.1) is 5.82 Å². The Morgan fingerprint density at radius 2 is 1.84 bits per heavy atom. The maximum Gasteiger partial charge on any atom is 0.246 e. The molecule has 0 radical (unpaired) electrons. The lowest BCUT2D eigenvalue weighted by atomic mass is 10.1. The molecule has 0 spiro atoms. The van der Waals surface area contributed by atoms with Crippen molar-refractivity contribution in [2.24, 2.45) is 0 Å². The Bertz CT molecular complexity index is 1440. The van der Waals surface area contributed by atoms with Gasteiger partial charge in [-0.25, -0.2) is 4.39 Å². The molecule has 0 saturated heterocycles. The Hall–Kier alpha value is -4.26. The van der Waals surface area contributed by atoms with E-state index in [4.69, 9.17) is 9.84 Å². The number of ether oxygens (including phenoxy) is 1. The van der Waals surface area contributed by atoms with Gasteiger partial charge in [-0.3, -0.25) is 14.5 Å². The molecule has 2 aromatic heterocycles. The summed E-state index contributed by atoms with van der Waals surface area (Å²) in [5.41, 5.74) is 3.64. The molecule has 0 saturated carbocycles. The van der Waals surface area contributed by atoms with Crippen molar-refractivity contribution in [1.29, 1.82) is 0 Å². The fraction of sp³-hybridized carbons (Fsp3) is 0.0800. The number of aromatic nitrogens is 3. The van der Waals surface area contributed by atoms with Crippen molar-refractivity contribution in [1.82, 2.24) is 14.8 Å². The lowest BCUT2D eigenvalue weighted by Gasteiger charge is -2.08. The minimum atomic E-state index is -0.321. The van der Waals surface area contributed by atoms with Gasteiger partial charge < -0.3 is 10.1 Å². The van der Waals surface area contributed by atoms with Crippen LogP contribution >= 0.6 is 0 Å². The highest BCUT2D eigenvalue weighted by molar-refractivity contribution is 6.08. The van der Waals surface area contributed by atoms with Gasteiger partial charge in [0.2, 0.25) is 5.91 Å². The first kappa shape index (κ1) is 19.7. The number of rotatable bonds is 5. The van der Waals surface area contributed by atoms with Gasteiger partial charge >= 0.3 is 0 Å². The summed E-state index contributed by atoms with van der Waals surface area (Å²) in [7, 11) is 1.58. The van der Waals surface area contributed by atoms with E-state index in [-0.39, 0.29) is 18.3 Å². The predicted octanol–water partition coefficient (Wildman–Crippen LogP) is 5.04. The van der Waals surface area contributed by atoms with Gasteiger partial charge in [-0.15, -0.1) is 0 Å². The molecule has 7 heteroatoms. The number of carbonyl (C=O) groups excluding carboxylic acids is 1. The number of anilines is 1. The molecule has 1 amide bonds. The molecule has 5 rings (SSSR count). The fourth-order valence-corrected chi connectivity index (χ4v) is 3.78. The van der Waals surface area contributed by atoms with Gasteiger partial charge in [-0.1, -0.05) is 24.3 Å². The third-order valence-corrected chi connectivity index (χ3v) is 5.25. The molecule has 32 heavy (non-hydrogen) atoms. The van der Waals surface area contributed by atoms with Crippen LogP contribution in [0.4, 0.5) is 10.1 Å². The first-order chi connectivity index (χ1) is 15.6. The summed E-state index contributed by atoms with van der Waals surface area (Å²) in [6.45, 7) is 0.00289. The maximum absolute atomic E-state index is 13.5. The van der Waals surface area contributed by atoms with Crippen molar-refractivity contribution < 1.29 is 13.9 Å². The minimum Gasteiger partial charge on any atom is -0.497 e. The van der Waals surface area contributed by atoms with E-state index in [0.717, 1.165) is 27.4 Å². The molecule has 0 bridgehead atoms. The summed E-state index contributed by atoms with van der Waals surface area (Å²) in [4.78, 5) is 17.4. The van der Waals surface area contributed by atoms with Crippen LogP contribution in [-0.2, 0) is 11.3 Å². The van der Waals surface area contributed by atoms with Crippen molar-refractivity contribution >= 4 is 33.4 Å². The first-order valence-electron chi connectivity index (χ1n) is 10.1. The summed E-state index contributed by atoms with van der Waals surface area (Å²) >= 11 is 0. The number of nitrogens with zero attached hydrogens (tertiary/aromatic N) is 3. The van der Waals surface area contributed by atoms with E-state index >= 15 is 0 Å². The van der Waals surface area contributed by atoms with Gasteiger partial charge in [0.05, 0.1) is 18.1 Å². The highest BCUT2D eigenvalue weighted by Crippen LogP contribution is 2.32. The molecule has 0 fully saturated rings. The third kappa shape index (κ3) is 3.65. The van der Waals surface area contributed by atoms with Gasteiger partial charge in [0.1, 0.15) is 23.8 Å². The van der Waals surface area contributed by atoms with E-state index < -0.39 is 0 Å². The van der Waals surface area contributed by atoms with Gasteiger partial charge in [-0.2, -0.15) is 5.10 Å². The smallest absolute Gasteiger partial charge is 0.246 e.